The predicted octanol–water partition coefficient (Wildman–Crippen LogP) is 4.77. The number of hydrazone groups is 1. The first kappa shape index (κ1) is 24.9. The van der Waals surface area contributed by atoms with Crippen molar-refractivity contribution in [3.8, 4) is 11.3 Å². The Bertz CT molecular complexity index is 1260. The van der Waals surface area contributed by atoms with Crippen LogP contribution in [0.4, 0.5) is 28.9 Å². The summed E-state index contributed by atoms with van der Waals surface area (Å²) in [6.45, 7) is 1.56. The standard InChI is InChI=1S/C13H8F2N4.C10H5F2N2.Ir/c14-12-7-6-11(13(15)17-12)19-9-18(8-16-19)10-4-2-1-3-5-10;11-9-5-4-7(10(12)14-9)8-3-1-2-6-13-8;/h1-5,7-9H;1-3,5-6H;/q-2;-1;+3. The van der Waals surface area contributed by atoms with E-state index in [0.29, 0.717) is 5.69 Å². The van der Waals surface area contributed by atoms with E-state index in [0.717, 1.165) is 17.8 Å². The monoisotopic (exact) mass is 642 g/mol. The van der Waals surface area contributed by atoms with E-state index in [1.165, 1.54) is 17.5 Å². The number of halogens is 4. The molecule has 4 aromatic rings. The number of hydrogen-bond donors (Lipinski definition) is 0. The molecule has 0 unspecified atom stereocenters. The quantitative estimate of drug-likeness (QED) is 0.184. The van der Waals surface area contributed by atoms with Crippen LogP contribution in [0.3, 0.4) is 0 Å². The number of rotatable bonds is 3. The second kappa shape index (κ2) is 11.4. The van der Waals surface area contributed by atoms with Gasteiger partial charge < -0.3 is 19.9 Å². The van der Waals surface area contributed by atoms with Crippen LogP contribution < -0.4 is 9.91 Å². The third-order valence-corrected chi connectivity index (χ3v) is 4.21. The van der Waals surface area contributed by atoms with E-state index in [1.54, 1.807) is 29.8 Å². The first-order chi connectivity index (χ1) is 16.0. The topological polar surface area (TPSA) is 57.5 Å². The molecule has 0 radical (unpaired) electrons. The molecule has 6 nitrogen and oxygen atoms in total. The molecule has 3 aromatic heterocycles. The van der Waals surface area contributed by atoms with Gasteiger partial charge in [-0.2, -0.15) is 11.2 Å². The molecule has 0 atom stereocenters. The molecular weight excluding hydrogens is 629 g/mol. The van der Waals surface area contributed by atoms with Crippen molar-refractivity contribution >= 4 is 17.7 Å². The van der Waals surface area contributed by atoms with E-state index < -0.39 is 23.8 Å². The maximum absolute atomic E-state index is 13.5. The molecule has 11 heteroatoms. The molecule has 5 rings (SSSR count). The van der Waals surface area contributed by atoms with Crippen molar-refractivity contribution in [3.63, 3.8) is 0 Å². The zero-order chi connectivity index (χ0) is 23.2. The van der Waals surface area contributed by atoms with Crippen molar-refractivity contribution in [1.82, 2.24) is 15.0 Å². The molecule has 0 spiro atoms. The Balaban J connectivity index is 0.000000193. The van der Waals surface area contributed by atoms with Crippen molar-refractivity contribution in [2.75, 3.05) is 9.91 Å². The number of hydrogen-bond acceptors (Lipinski definition) is 6. The van der Waals surface area contributed by atoms with Crippen LogP contribution in [0.25, 0.3) is 11.3 Å². The number of aromatic nitrogens is 3. The van der Waals surface area contributed by atoms with Crippen LogP contribution in [0.2, 0.25) is 0 Å². The summed E-state index contributed by atoms with van der Waals surface area (Å²) >= 11 is 0. The van der Waals surface area contributed by atoms with Crippen LogP contribution in [-0.2, 0) is 20.1 Å². The minimum absolute atomic E-state index is 0. The summed E-state index contributed by atoms with van der Waals surface area (Å²) in [4.78, 5) is 11.8. The van der Waals surface area contributed by atoms with Gasteiger partial charge in [0.1, 0.15) is 17.8 Å². The minimum Gasteiger partial charge on any atom is -0.463 e. The molecule has 0 saturated carbocycles. The maximum Gasteiger partial charge on any atom is 3.00 e. The Hall–Kier alpha value is -3.69. The molecule has 0 amide bonds. The molecular formula is C23H13F4IrN6. The summed E-state index contributed by atoms with van der Waals surface area (Å²) in [5.74, 6) is -3.65. The zero-order valence-electron chi connectivity index (χ0n) is 17.0. The summed E-state index contributed by atoms with van der Waals surface area (Å²) in [5, 5.41) is 5.24. The number of pyridine rings is 3. The number of nitrogens with zero attached hydrogens (tertiary/aromatic N) is 6. The Morgan fingerprint density at radius 2 is 1.47 bits per heavy atom. The van der Waals surface area contributed by atoms with E-state index in [2.05, 4.69) is 32.2 Å². The van der Waals surface area contributed by atoms with Gasteiger partial charge in [0.15, 0.2) is 0 Å². The molecule has 1 aliphatic heterocycles. The largest absolute Gasteiger partial charge is 3.00 e. The van der Waals surface area contributed by atoms with Gasteiger partial charge in [0.2, 0.25) is 0 Å². The number of para-hydroxylation sites is 1. The fraction of sp³-hybridized carbons (Fsp3) is 0. The molecule has 0 fully saturated rings. The van der Waals surface area contributed by atoms with Gasteiger partial charge in [-0.15, -0.1) is 18.8 Å². The van der Waals surface area contributed by atoms with Gasteiger partial charge in [0.25, 0.3) is 0 Å². The number of anilines is 2. The summed E-state index contributed by atoms with van der Waals surface area (Å²) in [5.41, 5.74) is 1.31. The molecule has 0 saturated heterocycles. The molecule has 0 aliphatic carbocycles. The van der Waals surface area contributed by atoms with Gasteiger partial charge in [-0.1, -0.05) is 42.0 Å². The average Bonchev–Trinajstić information content (AvgIpc) is 3.31. The first-order valence-corrected chi connectivity index (χ1v) is 9.42. The SMILES string of the molecule is Fc1c[c-]c(-c2ccccn2)c(F)n1.Fc1c[c-]c(N2[CH-]N(c3ccccc3)C=N2)c(F)n1.[Ir+3]. The van der Waals surface area contributed by atoms with Gasteiger partial charge in [-0.3, -0.25) is 13.8 Å². The molecule has 1 aliphatic rings. The van der Waals surface area contributed by atoms with Gasteiger partial charge in [-0.05, 0) is 29.6 Å². The third-order valence-electron chi connectivity index (χ3n) is 4.21. The molecule has 0 N–H and O–H groups in total. The van der Waals surface area contributed by atoms with Gasteiger partial charge in [-0.25, -0.2) is 8.78 Å². The molecule has 34 heavy (non-hydrogen) atoms. The van der Waals surface area contributed by atoms with Crippen LogP contribution >= 0.6 is 0 Å². The minimum atomic E-state index is -0.955. The van der Waals surface area contributed by atoms with Crippen LogP contribution in [-0.4, -0.2) is 21.3 Å². The molecule has 4 heterocycles. The summed E-state index contributed by atoms with van der Waals surface area (Å²) in [6.07, 6.45) is 3.04. The fourth-order valence-electron chi connectivity index (χ4n) is 2.73. The van der Waals surface area contributed by atoms with Crippen molar-refractivity contribution in [1.29, 1.82) is 0 Å². The smallest absolute Gasteiger partial charge is 0.463 e. The second-order valence-electron chi connectivity index (χ2n) is 6.40. The van der Waals surface area contributed by atoms with E-state index in [1.807, 2.05) is 30.3 Å². The number of benzene rings is 1. The Kier molecular flexibility index (Phi) is 8.39. The van der Waals surface area contributed by atoms with Crippen molar-refractivity contribution in [2.24, 2.45) is 5.10 Å². The van der Waals surface area contributed by atoms with E-state index >= 15 is 0 Å². The maximum atomic E-state index is 13.5. The van der Waals surface area contributed by atoms with Gasteiger partial charge >= 0.3 is 20.1 Å². The summed E-state index contributed by atoms with van der Waals surface area (Å²) < 4.78 is 51.8. The van der Waals surface area contributed by atoms with E-state index in [-0.39, 0.29) is 31.4 Å². The van der Waals surface area contributed by atoms with Gasteiger partial charge in [0, 0.05) is 11.9 Å². The molecule has 0 bridgehead atoms. The summed E-state index contributed by atoms with van der Waals surface area (Å²) in [6, 6.07) is 21.3. The normalized spacial score (nSPS) is 12.1. The molecule has 172 valence electrons. The Morgan fingerprint density at radius 1 is 0.794 bits per heavy atom. The Labute approximate surface area is 206 Å². The van der Waals surface area contributed by atoms with Crippen LogP contribution in [0, 0.1) is 42.6 Å². The Morgan fingerprint density at radius 3 is 2.12 bits per heavy atom. The van der Waals surface area contributed by atoms with Crippen molar-refractivity contribution < 1.29 is 37.7 Å². The van der Waals surface area contributed by atoms with E-state index in [9.17, 15) is 17.6 Å². The van der Waals surface area contributed by atoms with Crippen LogP contribution in [0.15, 0.2) is 72.0 Å². The van der Waals surface area contributed by atoms with Crippen LogP contribution in [0.1, 0.15) is 0 Å². The van der Waals surface area contributed by atoms with Gasteiger partial charge in [0.05, 0.1) is 12.3 Å². The van der Waals surface area contributed by atoms with Crippen molar-refractivity contribution in [3.05, 3.63) is 109 Å². The second-order valence-corrected chi connectivity index (χ2v) is 6.40. The third kappa shape index (κ3) is 6.00. The molecule has 1 aromatic carbocycles. The average molecular weight is 642 g/mol. The zero-order valence-corrected chi connectivity index (χ0v) is 19.4. The van der Waals surface area contributed by atoms with E-state index in [4.69, 9.17) is 0 Å². The predicted molar refractivity (Wildman–Crippen MR) is 113 cm³/mol. The fourth-order valence-corrected chi connectivity index (χ4v) is 2.73. The first-order valence-electron chi connectivity index (χ1n) is 9.42. The van der Waals surface area contributed by atoms with Crippen molar-refractivity contribution in [2.45, 2.75) is 0 Å². The summed E-state index contributed by atoms with van der Waals surface area (Å²) in [7, 11) is 0. The van der Waals surface area contributed by atoms with Crippen LogP contribution in [0.5, 0.6) is 0 Å².